The Morgan fingerprint density at radius 2 is 1.13 bits per heavy atom. The molecule has 0 spiro atoms. The zero-order valence-corrected chi connectivity index (χ0v) is 17.4. The summed E-state index contributed by atoms with van der Waals surface area (Å²) in [6, 6.07) is 34.4. The Labute approximate surface area is 186 Å². The Kier molecular flexibility index (Phi) is 5.26. The lowest BCUT2D eigenvalue weighted by Gasteiger charge is -2.10. The highest BCUT2D eigenvalue weighted by molar-refractivity contribution is 6.30. The van der Waals surface area contributed by atoms with Gasteiger partial charge in [-0.25, -0.2) is 9.97 Å². The fraction of sp³-hybridized carbons (Fsp3) is 0. The quantitative estimate of drug-likeness (QED) is 0.309. The SMILES string of the molecule is Clc1ccc(-c2cc(-c3cccc(-c4ccccc4)c3)nc(-c3ccccc3)n2)nc1. The van der Waals surface area contributed by atoms with Crippen LogP contribution < -0.4 is 0 Å². The molecule has 0 aliphatic heterocycles. The van der Waals surface area contributed by atoms with Crippen molar-refractivity contribution in [1.82, 2.24) is 15.0 Å². The van der Waals surface area contributed by atoms with Gasteiger partial charge in [0.1, 0.15) is 0 Å². The summed E-state index contributed by atoms with van der Waals surface area (Å²) in [4.78, 5) is 14.1. The van der Waals surface area contributed by atoms with Crippen molar-refractivity contribution in [2.75, 3.05) is 0 Å². The fourth-order valence-corrected chi connectivity index (χ4v) is 3.57. The van der Waals surface area contributed by atoms with Crippen LogP contribution in [0.25, 0.3) is 45.2 Å². The third-order valence-corrected chi connectivity index (χ3v) is 5.24. The van der Waals surface area contributed by atoms with Crippen molar-refractivity contribution in [2.45, 2.75) is 0 Å². The van der Waals surface area contributed by atoms with E-state index in [4.69, 9.17) is 21.6 Å². The summed E-state index contributed by atoms with van der Waals surface area (Å²) in [6.45, 7) is 0. The Morgan fingerprint density at radius 3 is 1.84 bits per heavy atom. The first-order valence-corrected chi connectivity index (χ1v) is 10.4. The number of pyridine rings is 1. The molecule has 0 amide bonds. The van der Waals surface area contributed by atoms with Crippen LogP contribution in [0.2, 0.25) is 5.02 Å². The second-order valence-electron chi connectivity index (χ2n) is 7.14. The van der Waals surface area contributed by atoms with Crippen molar-refractivity contribution in [1.29, 1.82) is 0 Å². The molecular formula is C27H18ClN3. The van der Waals surface area contributed by atoms with E-state index in [1.807, 2.05) is 66.7 Å². The Bertz CT molecular complexity index is 1320. The van der Waals surface area contributed by atoms with Crippen molar-refractivity contribution >= 4 is 11.6 Å². The molecule has 2 aromatic heterocycles. The third-order valence-electron chi connectivity index (χ3n) is 5.01. The molecule has 4 heteroatoms. The van der Waals surface area contributed by atoms with Crippen molar-refractivity contribution in [3.63, 3.8) is 0 Å². The zero-order chi connectivity index (χ0) is 21.0. The molecule has 3 nitrogen and oxygen atoms in total. The van der Waals surface area contributed by atoms with Crippen LogP contribution in [-0.2, 0) is 0 Å². The number of hydrogen-bond acceptors (Lipinski definition) is 3. The molecular weight excluding hydrogens is 402 g/mol. The number of benzene rings is 3. The van der Waals surface area contributed by atoms with Gasteiger partial charge in [-0.05, 0) is 35.4 Å². The zero-order valence-electron chi connectivity index (χ0n) is 16.6. The lowest BCUT2D eigenvalue weighted by Crippen LogP contribution is -1.97. The third kappa shape index (κ3) is 4.23. The summed E-state index contributed by atoms with van der Waals surface area (Å²) in [5, 5.41) is 0.594. The number of nitrogens with zero attached hydrogens (tertiary/aromatic N) is 3. The van der Waals surface area contributed by atoms with Gasteiger partial charge in [0.2, 0.25) is 0 Å². The van der Waals surface area contributed by atoms with Crippen molar-refractivity contribution in [2.24, 2.45) is 0 Å². The fourth-order valence-electron chi connectivity index (χ4n) is 3.46. The molecule has 0 N–H and O–H groups in total. The maximum Gasteiger partial charge on any atom is 0.160 e. The Hall–Kier alpha value is -3.82. The summed E-state index contributed by atoms with van der Waals surface area (Å²) in [6.07, 6.45) is 1.64. The highest BCUT2D eigenvalue weighted by atomic mass is 35.5. The molecule has 0 radical (unpaired) electrons. The molecule has 5 rings (SSSR count). The van der Waals surface area contributed by atoms with Crippen molar-refractivity contribution < 1.29 is 0 Å². The molecule has 0 atom stereocenters. The normalized spacial score (nSPS) is 10.7. The average Bonchev–Trinajstić information content (AvgIpc) is 2.85. The van der Waals surface area contributed by atoms with Crippen LogP contribution >= 0.6 is 11.6 Å². The summed E-state index contributed by atoms with van der Waals surface area (Å²) in [5.74, 6) is 0.662. The van der Waals surface area contributed by atoms with E-state index in [0.717, 1.165) is 33.8 Å². The molecule has 148 valence electrons. The standard InChI is InChI=1S/C27H18ClN3/c28-23-14-15-24(29-18-23)26-17-25(30-27(31-26)20-10-5-2-6-11-20)22-13-7-12-21(16-22)19-8-3-1-4-9-19/h1-18H. The van der Waals surface area contributed by atoms with Crippen LogP contribution in [-0.4, -0.2) is 15.0 Å². The molecule has 0 aliphatic carbocycles. The minimum Gasteiger partial charge on any atom is -0.253 e. The second kappa shape index (κ2) is 8.50. The van der Waals surface area contributed by atoms with E-state index in [2.05, 4.69) is 41.4 Å². The second-order valence-corrected chi connectivity index (χ2v) is 7.57. The smallest absolute Gasteiger partial charge is 0.160 e. The summed E-state index contributed by atoms with van der Waals surface area (Å²) < 4.78 is 0. The van der Waals surface area contributed by atoms with Crippen molar-refractivity contribution in [3.8, 4) is 45.2 Å². The van der Waals surface area contributed by atoms with Crippen LogP contribution in [0.15, 0.2) is 109 Å². The summed E-state index contributed by atoms with van der Waals surface area (Å²) in [7, 11) is 0. The number of aromatic nitrogens is 3. The van der Waals surface area contributed by atoms with Crippen LogP contribution in [0.1, 0.15) is 0 Å². The van der Waals surface area contributed by atoms with E-state index in [1.54, 1.807) is 6.20 Å². The molecule has 0 unspecified atom stereocenters. The highest BCUT2D eigenvalue weighted by Gasteiger charge is 2.12. The number of halogens is 1. The van der Waals surface area contributed by atoms with E-state index >= 15 is 0 Å². The Balaban J connectivity index is 1.66. The predicted octanol–water partition coefficient (Wildman–Crippen LogP) is 7.19. The van der Waals surface area contributed by atoms with Gasteiger partial charge in [0.25, 0.3) is 0 Å². The van der Waals surface area contributed by atoms with Crippen molar-refractivity contribution in [3.05, 3.63) is 114 Å². The predicted molar refractivity (Wildman–Crippen MR) is 127 cm³/mol. The number of rotatable bonds is 4. The maximum absolute atomic E-state index is 6.03. The van der Waals surface area contributed by atoms with Gasteiger partial charge in [-0.1, -0.05) is 90.5 Å². The monoisotopic (exact) mass is 419 g/mol. The van der Waals surface area contributed by atoms with Gasteiger partial charge in [-0.15, -0.1) is 0 Å². The van der Waals surface area contributed by atoms with Gasteiger partial charge < -0.3 is 0 Å². The van der Waals surface area contributed by atoms with Crippen LogP contribution in [0, 0.1) is 0 Å². The number of hydrogen-bond donors (Lipinski definition) is 0. The molecule has 31 heavy (non-hydrogen) atoms. The molecule has 5 aromatic rings. The molecule has 2 heterocycles. The largest absolute Gasteiger partial charge is 0.253 e. The highest BCUT2D eigenvalue weighted by Crippen LogP contribution is 2.29. The van der Waals surface area contributed by atoms with E-state index in [9.17, 15) is 0 Å². The molecule has 0 saturated heterocycles. The maximum atomic E-state index is 6.03. The van der Waals surface area contributed by atoms with E-state index in [-0.39, 0.29) is 0 Å². The average molecular weight is 420 g/mol. The first-order chi connectivity index (χ1) is 15.3. The van der Waals surface area contributed by atoms with Gasteiger partial charge >= 0.3 is 0 Å². The molecule has 0 aliphatic rings. The first kappa shape index (κ1) is 19.2. The summed E-state index contributed by atoms with van der Waals surface area (Å²) >= 11 is 6.03. The first-order valence-electron chi connectivity index (χ1n) is 9.98. The van der Waals surface area contributed by atoms with Gasteiger partial charge in [0, 0.05) is 17.3 Å². The topological polar surface area (TPSA) is 38.7 Å². The lowest BCUT2D eigenvalue weighted by molar-refractivity contribution is 1.16. The van der Waals surface area contributed by atoms with Crippen LogP contribution in [0.4, 0.5) is 0 Å². The van der Waals surface area contributed by atoms with Gasteiger partial charge in [-0.2, -0.15) is 0 Å². The van der Waals surface area contributed by atoms with Gasteiger partial charge in [-0.3, -0.25) is 4.98 Å². The molecule has 0 fully saturated rings. The Morgan fingerprint density at radius 1 is 0.484 bits per heavy atom. The minimum atomic E-state index is 0.594. The van der Waals surface area contributed by atoms with Gasteiger partial charge in [0.15, 0.2) is 5.82 Å². The van der Waals surface area contributed by atoms with E-state index < -0.39 is 0 Å². The minimum absolute atomic E-state index is 0.594. The van der Waals surface area contributed by atoms with Crippen LogP contribution in [0.3, 0.4) is 0 Å². The van der Waals surface area contributed by atoms with Crippen LogP contribution in [0.5, 0.6) is 0 Å². The van der Waals surface area contributed by atoms with Gasteiger partial charge in [0.05, 0.1) is 22.1 Å². The molecule has 0 saturated carbocycles. The molecule has 0 bridgehead atoms. The lowest BCUT2D eigenvalue weighted by atomic mass is 10.0. The van der Waals surface area contributed by atoms with E-state index in [1.165, 1.54) is 5.56 Å². The molecule has 3 aromatic carbocycles. The summed E-state index contributed by atoms with van der Waals surface area (Å²) in [5.41, 5.74) is 6.65. The van der Waals surface area contributed by atoms with E-state index in [0.29, 0.717) is 10.8 Å².